The maximum Gasteiger partial charge on any atom is 0.217 e. The lowest BCUT2D eigenvalue weighted by atomic mass is 9.93. The summed E-state index contributed by atoms with van der Waals surface area (Å²) in [6, 6.07) is -5.51. The summed E-state index contributed by atoms with van der Waals surface area (Å²) in [6.07, 6.45) is -73.2. The Morgan fingerprint density at radius 3 is 0.896 bits per heavy atom. The van der Waals surface area contributed by atoms with Gasteiger partial charge in [-0.15, -0.1) is 0 Å². The Hall–Kier alpha value is -3.03. The smallest absolute Gasteiger partial charge is 0.217 e. The van der Waals surface area contributed by atoms with Gasteiger partial charge in [0.15, 0.2) is 50.3 Å². The van der Waals surface area contributed by atoms with E-state index in [0.29, 0.717) is 0 Å². The summed E-state index contributed by atoms with van der Waals surface area (Å²) in [5.41, 5.74) is 0. The molecule has 8 saturated heterocycles. The highest BCUT2D eigenvalue weighted by Crippen LogP contribution is 2.40. The molecule has 3 amide bonds. The molecule has 8 heterocycles. The zero-order chi connectivity index (χ0) is 70.8. The summed E-state index contributed by atoms with van der Waals surface area (Å²) < 4.78 is 89.5. The number of amides is 3. The highest BCUT2D eigenvalue weighted by Gasteiger charge is 2.61. The third-order valence-electron chi connectivity index (χ3n) is 17.8. The van der Waals surface area contributed by atoms with Crippen molar-refractivity contribution < 1.29 is 193 Å². The molecular weight excluding hydrogens is 1310 g/mol. The first kappa shape index (κ1) is 78.7. The quantitative estimate of drug-likeness (QED) is 0.0452. The average Bonchev–Trinajstić information content (AvgIpc) is 0.766. The maximum atomic E-state index is 13.4. The summed E-state index contributed by atoms with van der Waals surface area (Å²) in [5, 5.41) is 239. The molecule has 8 aliphatic rings. The van der Waals surface area contributed by atoms with Crippen LogP contribution in [0.3, 0.4) is 0 Å². The van der Waals surface area contributed by atoms with E-state index in [4.69, 9.17) is 71.1 Å². The molecule has 0 bridgehead atoms. The van der Waals surface area contributed by atoms with Crippen molar-refractivity contribution in [2.45, 2.75) is 280 Å². The Kier molecular flexibility index (Phi) is 27.7. The third kappa shape index (κ3) is 16.9. The third-order valence-corrected chi connectivity index (χ3v) is 17.8. The first-order valence-electron chi connectivity index (χ1n) is 30.8. The molecule has 0 radical (unpaired) electrons. The molecule has 96 heavy (non-hydrogen) atoms. The second kappa shape index (κ2) is 33.8. The van der Waals surface area contributed by atoms with Crippen LogP contribution in [-0.4, -0.2) is 410 Å². The summed E-state index contributed by atoms with van der Waals surface area (Å²) in [6.45, 7) is -1.03. The predicted molar refractivity (Wildman–Crippen MR) is 296 cm³/mol. The Balaban J connectivity index is 1.14. The van der Waals surface area contributed by atoms with Crippen LogP contribution >= 0.6 is 0 Å². The van der Waals surface area contributed by atoms with Gasteiger partial charge in [0, 0.05) is 20.8 Å². The molecule has 0 spiro atoms. The van der Waals surface area contributed by atoms with Crippen LogP contribution in [0.5, 0.6) is 0 Å². The minimum Gasteiger partial charge on any atom is -0.394 e. The molecule has 40 atom stereocenters. The van der Waals surface area contributed by atoms with E-state index in [9.17, 15) is 122 Å². The van der Waals surface area contributed by atoms with Crippen LogP contribution in [0, 0.1) is 0 Å². The molecule has 0 aliphatic carbocycles. The van der Waals surface area contributed by atoms with E-state index in [1.165, 1.54) is 13.8 Å². The fraction of sp³-hybridized carbons (Fsp3) is 0.944. The van der Waals surface area contributed by atoms with E-state index in [-0.39, 0.29) is 0 Å². The van der Waals surface area contributed by atoms with Gasteiger partial charge >= 0.3 is 0 Å². The van der Waals surface area contributed by atoms with Crippen molar-refractivity contribution in [2.75, 3.05) is 39.6 Å². The van der Waals surface area contributed by atoms with E-state index in [1.807, 2.05) is 0 Å². The summed E-state index contributed by atoms with van der Waals surface area (Å²) in [7, 11) is 0. The molecule has 8 rings (SSSR count). The van der Waals surface area contributed by atoms with Gasteiger partial charge in [-0.2, -0.15) is 0 Å². The van der Waals surface area contributed by atoms with Crippen molar-refractivity contribution >= 4 is 17.7 Å². The predicted octanol–water partition coefficient (Wildman–Crippen LogP) is -16.0. The number of carbonyl (C=O) groups is 3. The van der Waals surface area contributed by atoms with Crippen LogP contribution in [0.4, 0.5) is 0 Å². The van der Waals surface area contributed by atoms with Crippen molar-refractivity contribution in [2.24, 2.45) is 0 Å². The highest BCUT2D eigenvalue weighted by atomic mass is 16.8. The van der Waals surface area contributed by atoms with E-state index in [2.05, 4.69) is 16.0 Å². The van der Waals surface area contributed by atoms with Gasteiger partial charge in [0.2, 0.25) is 17.7 Å². The van der Waals surface area contributed by atoms with Gasteiger partial charge < -0.3 is 194 Å². The molecule has 42 heteroatoms. The zero-order valence-corrected chi connectivity index (χ0v) is 52.1. The van der Waals surface area contributed by atoms with Crippen LogP contribution in [-0.2, 0) is 85.4 Å². The largest absolute Gasteiger partial charge is 0.394 e. The van der Waals surface area contributed by atoms with Crippen molar-refractivity contribution in [3.8, 4) is 0 Å². The second-order valence-corrected chi connectivity index (χ2v) is 24.5. The molecule has 0 aromatic heterocycles. The van der Waals surface area contributed by atoms with E-state index >= 15 is 0 Å². The molecule has 8 fully saturated rings. The van der Waals surface area contributed by atoms with Gasteiger partial charge in [-0.3, -0.25) is 14.4 Å². The summed E-state index contributed by atoms with van der Waals surface area (Å²) in [4.78, 5) is 38.7. The molecular formula is C54H91N3O39. The molecule has 556 valence electrons. The Morgan fingerprint density at radius 2 is 0.542 bits per heavy atom. The standard InChI is InChI=1S/C54H91N3O39/c1-12-26(67)32(73)35(76)50(82-12)93-43-24(56-15(4)65)48(88-21(10-62)41(43)91-52-37(78)34(75)28(69)17(6-58)85-52)96-46-30(71)19(8-60)87-54(39(46)80)92-42-22(11-63)89-49(25(57-16(5)66)44(42)94-51-36(77)33(74)27(68)13(2)83-51)95-45-29(70)18(7-59)86-53(38(45)79)90-40-20(9-61)84-47(81)23(31(40)72)55-14(3)64/h12-13,17-54,58-63,67-81H,6-11H2,1-5H3,(H,55,64)(H,56,65)(H,57,66)/t12-,13-,17+,18+,19+,20+,21+,22+,23+,24+,25+,26+,27+,28-,29-,30-,31+,32+,33+,34-,35-,36-,37+,38+,39+,40+,41+,42+,43+,44+,45-,46-,47?,48-,49-,50-,51-,52-,53-,54-/m0/s1. The minimum absolute atomic E-state index is 0.757. The molecule has 1 unspecified atom stereocenters. The summed E-state index contributed by atoms with van der Waals surface area (Å²) >= 11 is 0. The van der Waals surface area contributed by atoms with Gasteiger partial charge in [0.1, 0.15) is 183 Å². The monoisotopic (exact) mass is 1410 g/mol. The van der Waals surface area contributed by atoms with Crippen LogP contribution in [0.1, 0.15) is 34.6 Å². The van der Waals surface area contributed by atoms with Gasteiger partial charge in [-0.1, -0.05) is 0 Å². The lowest BCUT2D eigenvalue weighted by molar-refractivity contribution is -0.399. The second-order valence-electron chi connectivity index (χ2n) is 24.5. The number of hydrogen-bond donors (Lipinski definition) is 24. The molecule has 24 N–H and O–H groups in total. The fourth-order valence-electron chi connectivity index (χ4n) is 12.6. The topological polar surface area (TPSA) is 651 Å². The van der Waals surface area contributed by atoms with Gasteiger partial charge in [-0.05, 0) is 13.8 Å². The lowest BCUT2D eigenvalue weighted by Crippen LogP contribution is -2.72. The van der Waals surface area contributed by atoms with Crippen LogP contribution < -0.4 is 16.0 Å². The Morgan fingerprint density at radius 1 is 0.271 bits per heavy atom. The van der Waals surface area contributed by atoms with Crippen molar-refractivity contribution in [3.05, 3.63) is 0 Å². The number of aliphatic hydroxyl groups is 21. The SMILES string of the molecule is CC(=O)N[C@H]1[C@H](O[C@H]2[C@@H](O)[C@@H](CO)O[C@@H](O[C@H]3[C@H](O[C@@H]4O[C@@H](C)[C@@H](O)[C@@H](O)[C@@H]4O)[C@@H](NC(C)=O)[C@H](O[C@H]4[C@@H](O)[C@@H](CO)O[C@@H](O[C@H]5[C@H](O)[C@@H](NC(C)=O)C(O)O[C@@H]5CO)[C@@H]4O)O[C@@H]3CO)[C@@H]2O)O[C@H](CO)[C@@H](O[C@@H]2O[C@H](CO)[C@H](O)[C@H](O)[C@H]2O)[C@@H]1O[C@@H]1O[C@@H](C)[C@@H](O)[C@@H](O)[C@@H]1O. The Bertz CT molecular complexity index is 2470. The van der Waals surface area contributed by atoms with E-state index < -0.39 is 303 Å². The van der Waals surface area contributed by atoms with Crippen molar-refractivity contribution in [3.63, 3.8) is 0 Å². The molecule has 0 aromatic carbocycles. The average molecular weight is 1410 g/mol. The minimum atomic E-state index is -2.43. The number of hydrogen-bond acceptors (Lipinski definition) is 39. The lowest BCUT2D eigenvalue weighted by Gasteiger charge is -2.52. The van der Waals surface area contributed by atoms with Crippen LogP contribution in [0.15, 0.2) is 0 Å². The number of aliphatic hydroxyl groups excluding tert-OH is 21. The van der Waals surface area contributed by atoms with Gasteiger partial charge in [0.05, 0.1) is 51.8 Å². The first-order valence-corrected chi connectivity index (χ1v) is 30.8. The van der Waals surface area contributed by atoms with Gasteiger partial charge in [-0.25, -0.2) is 0 Å². The number of ether oxygens (including phenoxy) is 15. The first-order chi connectivity index (χ1) is 45.3. The van der Waals surface area contributed by atoms with Crippen LogP contribution in [0.25, 0.3) is 0 Å². The Labute approximate surface area is 545 Å². The maximum absolute atomic E-state index is 13.4. The van der Waals surface area contributed by atoms with Crippen molar-refractivity contribution in [1.82, 2.24) is 16.0 Å². The van der Waals surface area contributed by atoms with Gasteiger partial charge in [0.25, 0.3) is 0 Å². The number of nitrogens with one attached hydrogen (secondary N) is 3. The normalized spacial score (nSPS) is 50.3. The molecule has 8 aliphatic heterocycles. The zero-order valence-electron chi connectivity index (χ0n) is 52.1. The number of carbonyl (C=O) groups excluding carboxylic acids is 3. The molecule has 0 saturated carbocycles. The van der Waals surface area contributed by atoms with Crippen LogP contribution in [0.2, 0.25) is 0 Å². The van der Waals surface area contributed by atoms with E-state index in [0.717, 1.165) is 20.8 Å². The number of rotatable bonds is 23. The summed E-state index contributed by atoms with van der Waals surface area (Å²) in [5.74, 6) is -2.67. The van der Waals surface area contributed by atoms with Crippen molar-refractivity contribution in [1.29, 1.82) is 0 Å². The highest BCUT2D eigenvalue weighted by molar-refractivity contribution is 5.74. The molecule has 42 nitrogen and oxygen atoms in total. The van der Waals surface area contributed by atoms with E-state index in [1.54, 1.807) is 0 Å². The fourth-order valence-corrected chi connectivity index (χ4v) is 12.6. The molecule has 0 aromatic rings.